The van der Waals surface area contributed by atoms with Crippen molar-refractivity contribution in [3.8, 4) is 5.75 Å². The lowest BCUT2D eigenvalue weighted by Gasteiger charge is -2.14. The van der Waals surface area contributed by atoms with Gasteiger partial charge in [-0.3, -0.25) is 4.79 Å². The highest BCUT2D eigenvalue weighted by Crippen LogP contribution is 2.34. The molecule has 0 bridgehead atoms. The molecule has 0 saturated carbocycles. The number of alkyl halides is 3. The molecule has 1 amide bonds. The molecule has 0 aliphatic carbocycles. The van der Waals surface area contributed by atoms with E-state index in [4.69, 9.17) is 4.74 Å². The van der Waals surface area contributed by atoms with E-state index in [0.717, 1.165) is 6.07 Å². The molecule has 4 nitrogen and oxygen atoms in total. The van der Waals surface area contributed by atoms with Crippen molar-refractivity contribution in [3.05, 3.63) is 59.7 Å². The Bertz CT molecular complexity index is 714. The fraction of sp³-hybridized carbons (Fsp3) is 0.235. The van der Waals surface area contributed by atoms with Gasteiger partial charge in [-0.2, -0.15) is 13.2 Å². The Kier molecular flexibility index (Phi) is 5.46. The minimum atomic E-state index is -4.56. The first-order valence-corrected chi connectivity index (χ1v) is 7.14. The van der Waals surface area contributed by atoms with Crippen molar-refractivity contribution in [2.24, 2.45) is 0 Å². The van der Waals surface area contributed by atoms with E-state index in [2.05, 4.69) is 5.32 Å². The fourth-order valence-electron chi connectivity index (χ4n) is 2.04. The number of carbonyl (C=O) groups is 1. The van der Waals surface area contributed by atoms with Crippen LogP contribution < -0.4 is 10.1 Å². The zero-order valence-electron chi connectivity index (χ0n) is 12.8. The van der Waals surface area contributed by atoms with Gasteiger partial charge in [0.15, 0.2) is 6.61 Å². The Labute approximate surface area is 136 Å². The van der Waals surface area contributed by atoms with Crippen molar-refractivity contribution < 1.29 is 27.8 Å². The maximum Gasteiger partial charge on any atom is 0.418 e. The van der Waals surface area contributed by atoms with Gasteiger partial charge in [-0.05, 0) is 36.8 Å². The van der Waals surface area contributed by atoms with E-state index in [1.807, 2.05) is 0 Å². The molecule has 2 N–H and O–H groups in total. The van der Waals surface area contributed by atoms with Crippen LogP contribution in [0, 0.1) is 0 Å². The summed E-state index contributed by atoms with van der Waals surface area (Å²) in [6.45, 7) is 1.13. The third-order valence-electron chi connectivity index (χ3n) is 3.22. The van der Waals surface area contributed by atoms with Gasteiger partial charge in [-0.1, -0.05) is 24.3 Å². The van der Waals surface area contributed by atoms with Crippen molar-refractivity contribution in [2.75, 3.05) is 11.9 Å². The van der Waals surface area contributed by atoms with Crippen LogP contribution in [-0.2, 0) is 11.0 Å². The second kappa shape index (κ2) is 7.35. The maximum absolute atomic E-state index is 12.9. The average molecular weight is 339 g/mol. The molecule has 1 atom stereocenters. The van der Waals surface area contributed by atoms with Crippen LogP contribution in [0.1, 0.15) is 24.2 Å². The van der Waals surface area contributed by atoms with Crippen molar-refractivity contribution in [1.82, 2.24) is 0 Å². The third kappa shape index (κ3) is 4.73. The Balaban J connectivity index is 2.01. The van der Waals surface area contributed by atoms with E-state index in [1.165, 1.54) is 18.2 Å². The Morgan fingerprint density at radius 3 is 2.58 bits per heavy atom. The third-order valence-corrected chi connectivity index (χ3v) is 3.22. The predicted molar refractivity (Wildman–Crippen MR) is 82.6 cm³/mol. The molecule has 0 spiro atoms. The van der Waals surface area contributed by atoms with Crippen molar-refractivity contribution >= 4 is 11.6 Å². The molecule has 0 fully saturated rings. The van der Waals surface area contributed by atoms with Crippen LogP contribution >= 0.6 is 0 Å². The number of para-hydroxylation sites is 1. The molecule has 128 valence electrons. The molecule has 2 aromatic rings. The summed E-state index contributed by atoms with van der Waals surface area (Å²) in [6, 6.07) is 11.2. The number of benzene rings is 2. The second-order valence-electron chi connectivity index (χ2n) is 5.13. The van der Waals surface area contributed by atoms with Gasteiger partial charge < -0.3 is 15.2 Å². The number of rotatable bonds is 5. The topological polar surface area (TPSA) is 58.6 Å². The highest BCUT2D eigenvalue weighted by Gasteiger charge is 2.33. The van der Waals surface area contributed by atoms with E-state index in [0.29, 0.717) is 11.3 Å². The van der Waals surface area contributed by atoms with E-state index in [-0.39, 0.29) is 5.69 Å². The molecule has 2 aromatic carbocycles. The van der Waals surface area contributed by atoms with E-state index >= 15 is 0 Å². The van der Waals surface area contributed by atoms with Gasteiger partial charge in [-0.15, -0.1) is 0 Å². The summed E-state index contributed by atoms with van der Waals surface area (Å²) in [6.07, 6.45) is -5.25. The van der Waals surface area contributed by atoms with Crippen LogP contribution in [0.4, 0.5) is 18.9 Å². The van der Waals surface area contributed by atoms with Crippen LogP contribution in [-0.4, -0.2) is 17.6 Å². The van der Waals surface area contributed by atoms with Gasteiger partial charge in [-0.25, -0.2) is 0 Å². The number of hydrogen-bond acceptors (Lipinski definition) is 3. The van der Waals surface area contributed by atoms with Gasteiger partial charge in [0.05, 0.1) is 17.4 Å². The number of hydrogen-bond donors (Lipinski definition) is 2. The molecule has 0 aliphatic rings. The number of anilines is 1. The number of aliphatic hydroxyl groups is 1. The largest absolute Gasteiger partial charge is 0.484 e. The molecular weight excluding hydrogens is 323 g/mol. The van der Waals surface area contributed by atoms with Gasteiger partial charge >= 0.3 is 6.18 Å². The fourth-order valence-corrected chi connectivity index (χ4v) is 2.04. The number of aliphatic hydroxyl groups excluding tert-OH is 1. The monoisotopic (exact) mass is 339 g/mol. The van der Waals surface area contributed by atoms with Crippen LogP contribution in [0.15, 0.2) is 48.5 Å². The van der Waals surface area contributed by atoms with E-state index < -0.39 is 30.4 Å². The zero-order valence-corrected chi connectivity index (χ0v) is 12.8. The maximum atomic E-state index is 12.9. The summed E-state index contributed by atoms with van der Waals surface area (Å²) >= 11 is 0. The normalized spacial score (nSPS) is 12.5. The Morgan fingerprint density at radius 2 is 1.92 bits per heavy atom. The summed E-state index contributed by atoms with van der Waals surface area (Å²) in [7, 11) is 0. The SMILES string of the molecule is CC(O)c1cccc(OCC(=O)Nc2ccccc2C(F)(F)F)c1. The Hall–Kier alpha value is -2.54. The van der Waals surface area contributed by atoms with Gasteiger partial charge in [0.2, 0.25) is 0 Å². The minimum Gasteiger partial charge on any atom is -0.484 e. The van der Waals surface area contributed by atoms with Crippen molar-refractivity contribution in [3.63, 3.8) is 0 Å². The molecule has 0 aromatic heterocycles. The summed E-state index contributed by atoms with van der Waals surface area (Å²) in [4.78, 5) is 11.8. The first kappa shape index (κ1) is 17.8. The van der Waals surface area contributed by atoms with Gasteiger partial charge in [0.1, 0.15) is 5.75 Å². The van der Waals surface area contributed by atoms with Crippen molar-refractivity contribution in [2.45, 2.75) is 19.2 Å². The average Bonchev–Trinajstić information content (AvgIpc) is 2.52. The molecule has 0 aliphatic heterocycles. The lowest BCUT2D eigenvalue weighted by molar-refractivity contribution is -0.137. The number of halogens is 3. The lowest BCUT2D eigenvalue weighted by atomic mass is 10.1. The molecule has 0 heterocycles. The molecular formula is C17H16F3NO3. The van der Waals surface area contributed by atoms with Crippen LogP contribution in [0.3, 0.4) is 0 Å². The molecule has 7 heteroatoms. The molecule has 0 radical (unpaired) electrons. The summed E-state index contributed by atoms with van der Waals surface area (Å²) in [5, 5.41) is 11.7. The van der Waals surface area contributed by atoms with Crippen LogP contribution in [0.2, 0.25) is 0 Å². The molecule has 1 unspecified atom stereocenters. The first-order valence-electron chi connectivity index (χ1n) is 7.14. The highest BCUT2D eigenvalue weighted by molar-refractivity contribution is 5.92. The summed E-state index contributed by atoms with van der Waals surface area (Å²) < 4.78 is 43.8. The van der Waals surface area contributed by atoms with E-state index in [9.17, 15) is 23.1 Å². The first-order chi connectivity index (χ1) is 11.3. The number of ether oxygens (including phenoxy) is 1. The quantitative estimate of drug-likeness (QED) is 0.872. The number of nitrogens with one attached hydrogen (secondary N) is 1. The molecule has 0 saturated heterocycles. The second-order valence-corrected chi connectivity index (χ2v) is 5.13. The Morgan fingerprint density at radius 1 is 1.21 bits per heavy atom. The van der Waals surface area contributed by atoms with Crippen LogP contribution in [0.25, 0.3) is 0 Å². The number of carbonyl (C=O) groups excluding carboxylic acids is 1. The smallest absolute Gasteiger partial charge is 0.418 e. The summed E-state index contributed by atoms with van der Waals surface area (Å²) in [5.74, 6) is -0.373. The standard InChI is InChI=1S/C17H16F3NO3/c1-11(22)12-5-4-6-13(9-12)24-10-16(23)21-15-8-3-2-7-14(15)17(18,19)20/h2-9,11,22H,10H2,1H3,(H,21,23). The number of amides is 1. The summed E-state index contributed by atoms with van der Waals surface area (Å²) in [5.41, 5.74) is -0.638. The van der Waals surface area contributed by atoms with Crippen molar-refractivity contribution in [1.29, 1.82) is 0 Å². The molecule has 2 rings (SSSR count). The van der Waals surface area contributed by atoms with Gasteiger partial charge in [0, 0.05) is 0 Å². The predicted octanol–water partition coefficient (Wildman–Crippen LogP) is 3.78. The van der Waals surface area contributed by atoms with E-state index in [1.54, 1.807) is 31.2 Å². The molecule has 24 heavy (non-hydrogen) atoms. The minimum absolute atomic E-state index is 0.323. The highest BCUT2D eigenvalue weighted by atomic mass is 19.4. The lowest BCUT2D eigenvalue weighted by Crippen LogP contribution is -2.22. The van der Waals surface area contributed by atoms with Gasteiger partial charge in [0.25, 0.3) is 5.91 Å². The van der Waals surface area contributed by atoms with Crippen LogP contribution in [0.5, 0.6) is 5.75 Å². The zero-order chi connectivity index (χ0) is 17.7.